The minimum Gasteiger partial charge on any atom is -0.490 e. The molecule has 2 aromatic carbocycles. The van der Waals surface area contributed by atoms with E-state index in [0.717, 1.165) is 31.2 Å². The second-order valence-electron chi connectivity index (χ2n) is 10.4. The van der Waals surface area contributed by atoms with Crippen molar-refractivity contribution in [1.82, 2.24) is 9.80 Å². The van der Waals surface area contributed by atoms with Crippen LogP contribution in [0.15, 0.2) is 54.6 Å². The molecule has 0 spiro atoms. The summed E-state index contributed by atoms with van der Waals surface area (Å²) in [6.45, 7) is 5.87. The molecule has 2 aliphatic rings. The zero-order valence-electron chi connectivity index (χ0n) is 20.4. The van der Waals surface area contributed by atoms with E-state index in [9.17, 15) is 15.0 Å². The van der Waals surface area contributed by atoms with Crippen molar-refractivity contribution in [3.63, 3.8) is 0 Å². The van der Waals surface area contributed by atoms with Crippen LogP contribution >= 0.6 is 0 Å². The normalized spacial score (nSPS) is 28.4. The number of carbonyl (C=O) groups excluding carboxylic acids is 1. The van der Waals surface area contributed by atoms with Gasteiger partial charge in [0, 0.05) is 33.1 Å². The number of aliphatic hydroxyl groups is 2. The van der Waals surface area contributed by atoms with Gasteiger partial charge in [0.05, 0.1) is 12.1 Å². The fourth-order valence-corrected chi connectivity index (χ4v) is 5.38. The Kier molecular flexibility index (Phi) is 7.60. The molecule has 2 N–H and O–H groups in total. The Morgan fingerprint density at radius 2 is 1.65 bits per heavy atom. The van der Waals surface area contributed by atoms with E-state index in [1.807, 2.05) is 37.3 Å². The van der Waals surface area contributed by atoms with Gasteiger partial charge < -0.3 is 19.8 Å². The van der Waals surface area contributed by atoms with Crippen LogP contribution in [-0.4, -0.2) is 76.5 Å². The fourth-order valence-electron chi connectivity index (χ4n) is 5.38. The summed E-state index contributed by atoms with van der Waals surface area (Å²) < 4.78 is 5.94. The number of hydrogen-bond acceptors (Lipinski definition) is 5. The number of β-amino-alcohol motifs (C(OH)–C–C–N with tert-alkyl or cyclic N) is 2. The Bertz CT molecular complexity index is 941. The average molecular weight is 467 g/mol. The zero-order chi connectivity index (χ0) is 24.2. The predicted octanol–water partition coefficient (Wildman–Crippen LogP) is 3.36. The van der Waals surface area contributed by atoms with Crippen molar-refractivity contribution in [3.05, 3.63) is 65.7 Å². The molecule has 1 saturated carbocycles. The van der Waals surface area contributed by atoms with Gasteiger partial charge in [-0.25, -0.2) is 0 Å². The van der Waals surface area contributed by atoms with Crippen molar-refractivity contribution in [1.29, 1.82) is 0 Å². The number of nitrogens with zero attached hydrogens (tertiary/aromatic N) is 2. The van der Waals surface area contributed by atoms with Gasteiger partial charge in [-0.3, -0.25) is 9.69 Å². The molecule has 1 aliphatic carbocycles. The maximum Gasteiger partial charge on any atom is 0.219 e. The molecule has 4 rings (SSSR count). The summed E-state index contributed by atoms with van der Waals surface area (Å²) in [4.78, 5) is 16.0. The highest BCUT2D eigenvalue weighted by Gasteiger charge is 2.41. The third-order valence-electron chi connectivity index (χ3n) is 7.37. The fraction of sp³-hybridized carbons (Fsp3) is 0.536. The molecule has 0 aromatic heterocycles. The largest absolute Gasteiger partial charge is 0.490 e. The molecule has 1 aliphatic heterocycles. The summed E-state index contributed by atoms with van der Waals surface area (Å²) in [5.74, 6) is 1.12. The van der Waals surface area contributed by atoms with Gasteiger partial charge in [0.1, 0.15) is 18.0 Å². The highest BCUT2D eigenvalue weighted by Crippen LogP contribution is 2.38. The van der Waals surface area contributed by atoms with E-state index >= 15 is 0 Å². The van der Waals surface area contributed by atoms with Crippen LogP contribution in [0.4, 0.5) is 0 Å². The summed E-state index contributed by atoms with van der Waals surface area (Å²) in [6, 6.07) is 18.3. The van der Waals surface area contributed by atoms with Crippen LogP contribution in [0.2, 0.25) is 0 Å². The van der Waals surface area contributed by atoms with E-state index in [0.29, 0.717) is 37.8 Å². The first-order valence-corrected chi connectivity index (χ1v) is 12.4. The number of amides is 1. The van der Waals surface area contributed by atoms with Crippen molar-refractivity contribution < 1.29 is 19.7 Å². The first-order chi connectivity index (χ1) is 16.2. The number of ether oxygens (including phenoxy) is 1. The average Bonchev–Trinajstić information content (AvgIpc) is 2.98. The maximum atomic E-state index is 12.2. The molecule has 184 valence electrons. The second-order valence-corrected chi connectivity index (χ2v) is 10.4. The molecule has 1 atom stereocenters. The van der Waals surface area contributed by atoms with Gasteiger partial charge in [0.25, 0.3) is 0 Å². The van der Waals surface area contributed by atoms with Crippen molar-refractivity contribution in [2.75, 3.05) is 39.3 Å². The van der Waals surface area contributed by atoms with Crippen molar-refractivity contribution >= 4 is 5.91 Å². The van der Waals surface area contributed by atoms with Gasteiger partial charge in [0.15, 0.2) is 0 Å². The molecule has 0 unspecified atom stereocenters. The van der Waals surface area contributed by atoms with Crippen LogP contribution in [-0.2, 0) is 4.79 Å². The first-order valence-electron chi connectivity index (χ1n) is 12.4. The number of rotatable bonds is 6. The molecule has 2 aromatic rings. The summed E-state index contributed by atoms with van der Waals surface area (Å²) in [7, 11) is 0. The van der Waals surface area contributed by atoms with E-state index in [1.165, 1.54) is 12.5 Å². The molecule has 6 heteroatoms. The third kappa shape index (κ3) is 6.38. The monoisotopic (exact) mass is 466 g/mol. The van der Waals surface area contributed by atoms with Crippen LogP contribution in [0, 0.1) is 6.92 Å². The lowest BCUT2D eigenvalue weighted by Crippen LogP contribution is -2.54. The standard InChI is InChI=1S/C28H38N2O4/c1-22-8-10-26(11-9-22)34-21-28(33)19-29(16-17-30(20-28)23(2)31)18-27(32)14-12-25(13-15-27)24-6-4-3-5-7-24/h3-11,25,32-33H,12-21H2,1-2H3/t25?,27?,28-/m1/s1. The van der Waals surface area contributed by atoms with Crippen molar-refractivity contribution in [2.24, 2.45) is 0 Å². The van der Waals surface area contributed by atoms with Crippen molar-refractivity contribution in [2.45, 2.75) is 56.7 Å². The Hall–Kier alpha value is -2.41. The molecule has 0 bridgehead atoms. The lowest BCUT2D eigenvalue weighted by atomic mass is 9.76. The van der Waals surface area contributed by atoms with Gasteiger partial charge in [-0.05, 0) is 56.2 Å². The van der Waals surface area contributed by atoms with Gasteiger partial charge in [-0.15, -0.1) is 0 Å². The summed E-state index contributed by atoms with van der Waals surface area (Å²) in [6.07, 6.45) is 3.37. The molecular formula is C28H38N2O4. The van der Waals surface area contributed by atoms with E-state index in [-0.39, 0.29) is 19.1 Å². The Balaban J connectivity index is 1.40. The van der Waals surface area contributed by atoms with Crippen LogP contribution < -0.4 is 4.74 Å². The van der Waals surface area contributed by atoms with Crippen molar-refractivity contribution in [3.8, 4) is 5.75 Å². The second kappa shape index (κ2) is 10.5. The summed E-state index contributed by atoms with van der Waals surface area (Å²) >= 11 is 0. The predicted molar refractivity (Wildman–Crippen MR) is 133 cm³/mol. The molecule has 0 radical (unpaired) electrons. The quantitative estimate of drug-likeness (QED) is 0.683. The maximum absolute atomic E-state index is 12.2. The van der Waals surface area contributed by atoms with Gasteiger partial charge in [-0.1, -0.05) is 48.0 Å². The first kappa shape index (κ1) is 24.7. The molecule has 6 nitrogen and oxygen atoms in total. The van der Waals surface area contributed by atoms with Crippen LogP contribution in [0.5, 0.6) is 5.75 Å². The Labute approximate surface area is 203 Å². The van der Waals surface area contributed by atoms with E-state index in [1.54, 1.807) is 4.90 Å². The minimum absolute atomic E-state index is 0.0577. The minimum atomic E-state index is -1.22. The number of benzene rings is 2. The third-order valence-corrected chi connectivity index (χ3v) is 7.37. The van der Waals surface area contributed by atoms with E-state index in [2.05, 4.69) is 29.2 Å². The van der Waals surface area contributed by atoms with Gasteiger partial charge >= 0.3 is 0 Å². The number of aryl methyl sites for hydroxylation is 1. The topological polar surface area (TPSA) is 73.2 Å². The smallest absolute Gasteiger partial charge is 0.219 e. The Morgan fingerprint density at radius 3 is 2.29 bits per heavy atom. The molecular weight excluding hydrogens is 428 g/mol. The number of hydrogen-bond donors (Lipinski definition) is 2. The van der Waals surface area contributed by atoms with Crippen LogP contribution in [0.3, 0.4) is 0 Å². The molecule has 1 heterocycles. The number of carbonyl (C=O) groups is 1. The van der Waals surface area contributed by atoms with Gasteiger partial charge in [0.2, 0.25) is 5.91 Å². The molecule has 2 fully saturated rings. The Morgan fingerprint density at radius 1 is 0.971 bits per heavy atom. The summed E-state index contributed by atoms with van der Waals surface area (Å²) in [5, 5.41) is 22.9. The van der Waals surface area contributed by atoms with Crippen LogP contribution in [0.25, 0.3) is 0 Å². The van der Waals surface area contributed by atoms with E-state index < -0.39 is 11.2 Å². The molecule has 34 heavy (non-hydrogen) atoms. The highest BCUT2D eigenvalue weighted by atomic mass is 16.5. The molecule has 1 saturated heterocycles. The summed E-state index contributed by atoms with van der Waals surface area (Å²) in [5.41, 5.74) is 0.490. The van der Waals surface area contributed by atoms with Gasteiger partial charge in [-0.2, -0.15) is 0 Å². The lowest BCUT2D eigenvalue weighted by molar-refractivity contribution is -0.132. The SMILES string of the molecule is CC(=O)N1CCN(CC2(O)CCC(c3ccccc3)CC2)C[C@](O)(COc2ccc(C)cc2)C1. The lowest BCUT2D eigenvalue weighted by Gasteiger charge is -2.40. The van der Waals surface area contributed by atoms with E-state index in [4.69, 9.17) is 4.74 Å². The zero-order valence-corrected chi connectivity index (χ0v) is 20.4. The highest BCUT2D eigenvalue weighted by molar-refractivity contribution is 5.73. The molecule has 1 amide bonds. The van der Waals surface area contributed by atoms with Crippen LogP contribution in [0.1, 0.15) is 49.7 Å².